The molecule has 0 saturated heterocycles. The molecule has 0 atom stereocenters. The summed E-state index contributed by atoms with van der Waals surface area (Å²) in [5, 5.41) is 20.0. The van der Waals surface area contributed by atoms with E-state index in [1.165, 1.54) is 12.1 Å². The molecule has 0 bridgehead atoms. The van der Waals surface area contributed by atoms with Crippen LogP contribution in [0.3, 0.4) is 0 Å². The van der Waals surface area contributed by atoms with Crippen molar-refractivity contribution < 1.29 is 14.8 Å². The minimum Gasteiger partial charge on any atom is -0.507 e. The molecule has 1 N–H and O–H groups in total. The van der Waals surface area contributed by atoms with Gasteiger partial charge < -0.3 is 5.11 Å². The number of nitro benzene ring substituents is 1. The summed E-state index contributed by atoms with van der Waals surface area (Å²) in [7, 11) is 0. The summed E-state index contributed by atoms with van der Waals surface area (Å²) in [5.74, 6) is -0.226. The number of rotatable bonds is 4. The molecule has 0 aliphatic rings. The van der Waals surface area contributed by atoms with Crippen LogP contribution in [0.5, 0.6) is 5.75 Å². The van der Waals surface area contributed by atoms with Gasteiger partial charge in [0.1, 0.15) is 5.75 Å². The van der Waals surface area contributed by atoms with Gasteiger partial charge in [-0.3, -0.25) is 14.9 Å². The lowest BCUT2D eigenvalue weighted by Gasteiger charge is -2.03. The number of benzene rings is 1. The van der Waals surface area contributed by atoms with E-state index >= 15 is 0 Å². The first-order valence-corrected chi connectivity index (χ1v) is 4.16. The summed E-state index contributed by atoms with van der Waals surface area (Å²) in [6, 6.07) is 2.26. The van der Waals surface area contributed by atoms with E-state index < -0.39 is 4.92 Å². The SMILES string of the molecule is C=CCc1cc([N+](=O)[O-])cc(C=O)c1O. The Bertz CT molecular complexity index is 426. The second-order valence-electron chi connectivity index (χ2n) is 2.91. The number of non-ortho nitro benzene ring substituents is 1. The van der Waals surface area contributed by atoms with Crippen LogP contribution in [0.4, 0.5) is 5.69 Å². The molecule has 0 fully saturated rings. The van der Waals surface area contributed by atoms with Gasteiger partial charge in [-0.1, -0.05) is 6.08 Å². The number of phenolic OH excluding ortho intramolecular Hbond substituents is 1. The van der Waals surface area contributed by atoms with Crippen molar-refractivity contribution in [1.29, 1.82) is 0 Å². The zero-order valence-electron chi connectivity index (χ0n) is 7.84. The molecule has 5 heteroatoms. The number of allylic oxidation sites excluding steroid dienone is 1. The molecule has 1 aromatic carbocycles. The third kappa shape index (κ3) is 2.19. The van der Waals surface area contributed by atoms with Crippen LogP contribution >= 0.6 is 0 Å². The first-order chi connectivity index (χ1) is 7.10. The molecule has 0 aliphatic heterocycles. The molecule has 0 amide bonds. The van der Waals surface area contributed by atoms with E-state index in [0.717, 1.165) is 6.07 Å². The fourth-order valence-electron chi connectivity index (χ4n) is 1.21. The Balaban J connectivity index is 3.37. The first kappa shape index (κ1) is 10.9. The van der Waals surface area contributed by atoms with Crippen molar-refractivity contribution in [3.05, 3.63) is 46.0 Å². The lowest BCUT2D eigenvalue weighted by molar-refractivity contribution is -0.384. The van der Waals surface area contributed by atoms with E-state index in [2.05, 4.69) is 6.58 Å². The molecule has 0 unspecified atom stereocenters. The van der Waals surface area contributed by atoms with Crippen LogP contribution in [0.1, 0.15) is 15.9 Å². The highest BCUT2D eigenvalue weighted by atomic mass is 16.6. The number of phenols is 1. The number of carbonyl (C=O) groups excluding carboxylic acids is 1. The standard InChI is InChI=1S/C10H9NO4/c1-2-3-7-4-9(11(14)15)5-8(6-12)10(7)13/h2,4-6,13H,1,3H2. The van der Waals surface area contributed by atoms with Crippen molar-refractivity contribution in [3.63, 3.8) is 0 Å². The number of aldehydes is 1. The Labute approximate surface area is 85.8 Å². The van der Waals surface area contributed by atoms with Crippen molar-refractivity contribution >= 4 is 12.0 Å². The molecule has 15 heavy (non-hydrogen) atoms. The van der Waals surface area contributed by atoms with Crippen molar-refractivity contribution in [2.75, 3.05) is 0 Å². The van der Waals surface area contributed by atoms with Crippen LogP contribution < -0.4 is 0 Å². The van der Waals surface area contributed by atoms with Gasteiger partial charge >= 0.3 is 0 Å². The molecule has 0 aliphatic carbocycles. The minimum absolute atomic E-state index is 0.0824. The topological polar surface area (TPSA) is 80.4 Å². The Hall–Kier alpha value is -2.17. The molecule has 78 valence electrons. The van der Waals surface area contributed by atoms with Gasteiger partial charge in [-0.25, -0.2) is 0 Å². The van der Waals surface area contributed by atoms with Gasteiger partial charge in [-0.15, -0.1) is 6.58 Å². The highest BCUT2D eigenvalue weighted by molar-refractivity contribution is 5.81. The van der Waals surface area contributed by atoms with Crippen molar-refractivity contribution in [2.24, 2.45) is 0 Å². The van der Waals surface area contributed by atoms with E-state index in [4.69, 9.17) is 0 Å². The summed E-state index contributed by atoms with van der Waals surface area (Å²) in [6.07, 6.45) is 2.15. The normalized spacial score (nSPS) is 9.60. The molecular weight excluding hydrogens is 198 g/mol. The fraction of sp³-hybridized carbons (Fsp3) is 0.100. The van der Waals surface area contributed by atoms with E-state index in [1.54, 1.807) is 0 Å². The number of hydrogen-bond acceptors (Lipinski definition) is 4. The average Bonchev–Trinajstić information content (AvgIpc) is 2.21. The van der Waals surface area contributed by atoms with E-state index in [1.807, 2.05) is 0 Å². The van der Waals surface area contributed by atoms with Crippen LogP contribution in [-0.2, 0) is 6.42 Å². The van der Waals surface area contributed by atoms with Crippen molar-refractivity contribution in [2.45, 2.75) is 6.42 Å². The lowest BCUT2D eigenvalue weighted by Crippen LogP contribution is -1.94. The number of nitrogens with zero attached hydrogens (tertiary/aromatic N) is 1. The van der Waals surface area contributed by atoms with E-state index in [-0.39, 0.29) is 23.4 Å². The minimum atomic E-state index is -0.612. The highest BCUT2D eigenvalue weighted by Gasteiger charge is 2.14. The van der Waals surface area contributed by atoms with E-state index in [0.29, 0.717) is 11.8 Å². The van der Waals surface area contributed by atoms with Crippen LogP contribution in [0, 0.1) is 10.1 Å². The van der Waals surface area contributed by atoms with Crippen LogP contribution in [0.25, 0.3) is 0 Å². The third-order valence-electron chi connectivity index (χ3n) is 1.91. The van der Waals surface area contributed by atoms with Crippen LogP contribution in [0.15, 0.2) is 24.8 Å². The van der Waals surface area contributed by atoms with Crippen LogP contribution in [0.2, 0.25) is 0 Å². The maximum Gasteiger partial charge on any atom is 0.270 e. The average molecular weight is 207 g/mol. The molecule has 1 aromatic rings. The number of carbonyl (C=O) groups is 1. The zero-order chi connectivity index (χ0) is 11.4. The van der Waals surface area contributed by atoms with E-state index in [9.17, 15) is 20.0 Å². The van der Waals surface area contributed by atoms with Crippen LogP contribution in [-0.4, -0.2) is 16.3 Å². The summed E-state index contributed by atoms with van der Waals surface area (Å²) in [5.41, 5.74) is 0.0223. The summed E-state index contributed by atoms with van der Waals surface area (Å²) >= 11 is 0. The highest BCUT2D eigenvalue weighted by Crippen LogP contribution is 2.27. The zero-order valence-corrected chi connectivity index (χ0v) is 7.84. The number of hydrogen-bond donors (Lipinski definition) is 1. The van der Waals surface area contributed by atoms with Gasteiger partial charge in [0.25, 0.3) is 5.69 Å². The van der Waals surface area contributed by atoms with Gasteiger partial charge in [0.2, 0.25) is 0 Å². The predicted octanol–water partition coefficient (Wildman–Crippen LogP) is 1.84. The molecule has 5 nitrogen and oxygen atoms in total. The molecule has 0 spiro atoms. The first-order valence-electron chi connectivity index (χ1n) is 4.16. The fourth-order valence-corrected chi connectivity index (χ4v) is 1.21. The van der Waals surface area contributed by atoms with Gasteiger partial charge in [0.15, 0.2) is 6.29 Å². The van der Waals surface area contributed by atoms with Crippen molar-refractivity contribution in [3.8, 4) is 5.75 Å². The molecular formula is C10H9NO4. The second-order valence-corrected chi connectivity index (χ2v) is 2.91. The summed E-state index contributed by atoms with van der Waals surface area (Å²) in [6.45, 7) is 3.46. The van der Waals surface area contributed by atoms with Crippen molar-refractivity contribution in [1.82, 2.24) is 0 Å². The van der Waals surface area contributed by atoms with Gasteiger partial charge in [-0.05, 0) is 6.42 Å². The Morgan fingerprint density at radius 1 is 1.53 bits per heavy atom. The van der Waals surface area contributed by atoms with Gasteiger partial charge in [0.05, 0.1) is 10.5 Å². The Morgan fingerprint density at radius 3 is 2.67 bits per heavy atom. The maximum atomic E-state index is 10.6. The largest absolute Gasteiger partial charge is 0.507 e. The summed E-state index contributed by atoms with van der Waals surface area (Å²) < 4.78 is 0. The monoisotopic (exact) mass is 207 g/mol. The van der Waals surface area contributed by atoms with Gasteiger partial charge in [-0.2, -0.15) is 0 Å². The molecule has 0 heterocycles. The Morgan fingerprint density at radius 2 is 2.20 bits per heavy atom. The smallest absolute Gasteiger partial charge is 0.270 e. The maximum absolute atomic E-state index is 10.6. The number of nitro groups is 1. The molecule has 1 rings (SSSR count). The second kappa shape index (κ2) is 4.36. The predicted molar refractivity (Wildman–Crippen MR) is 54.0 cm³/mol. The molecule has 0 aromatic heterocycles. The Kier molecular flexibility index (Phi) is 3.17. The molecule has 0 radical (unpaired) electrons. The summed E-state index contributed by atoms with van der Waals surface area (Å²) in [4.78, 5) is 20.5. The lowest BCUT2D eigenvalue weighted by atomic mass is 10.1. The molecule has 0 saturated carbocycles. The quantitative estimate of drug-likeness (QED) is 0.353. The third-order valence-corrected chi connectivity index (χ3v) is 1.91. The number of aromatic hydroxyl groups is 1. The van der Waals surface area contributed by atoms with Gasteiger partial charge in [0, 0.05) is 17.7 Å².